The molecule has 0 spiro atoms. The number of hydrogen-bond donors (Lipinski definition) is 2. The van der Waals surface area contributed by atoms with Crippen molar-refractivity contribution < 1.29 is 14.7 Å². The fourth-order valence-electron chi connectivity index (χ4n) is 3.18. The van der Waals surface area contributed by atoms with Gasteiger partial charge in [-0.3, -0.25) is 4.79 Å². The summed E-state index contributed by atoms with van der Waals surface area (Å²) in [5.41, 5.74) is 0. The number of nitrogens with one attached hydrogen (secondary N) is 1. The van der Waals surface area contributed by atoms with E-state index in [1.165, 1.54) is 25.7 Å². The average Bonchev–Trinajstić information content (AvgIpc) is 2.44. The van der Waals surface area contributed by atoms with E-state index in [1.54, 1.807) is 0 Å². The van der Waals surface area contributed by atoms with Gasteiger partial charge in [-0.1, -0.05) is 46.5 Å². The van der Waals surface area contributed by atoms with E-state index in [0.29, 0.717) is 0 Å². The van der Waals surface area contributed by atoms with E-state index in [9.17, 15) is 9.59 Å². The number of rotatable bonds is 8. The Kier molecular flexibility index (Phi) is 7.76. The van der Waals surface area contributed by atoms with Gasteiger partial charge in [-0.25, -0.2) is 4.79 Å². The third-order valence-electron chi connectivity index (χ3n) is 4.66. The number of hydrogen-bond acceptors (Lipinski definition) is 2. The van der Waals surface area contributed by atoms with E-state index in [2.05, 4.69) is 12.2 Å². The van der Waals surface area contributed by atoms with Crippen LogP contribution in [0.1, 0.15) is 72.1 Å². The molecule has 1 aliphatic carbocycles. The zero-order valence-corrected chi connectivity index (χ0v) is 13.7. The quantitative estimate of drug-likeness (QED) is 0.673. The van der Waals surface area contributed by atoms with Gasteiger partial charge in [-0.2, -0.15) is 0 Å². The van der Waals surface area contributed by atoms with Gasteiger partial charge < -0.3 is 10.4 Å². The molecule has 0 aromatic carbocycles. The van der Waals surface area contributed by atoms with Gasteiger partial charge >= 0.3 is 5.97 Å². The third-order valence-corrected chi connectivity index (χ3v) is 4.66. The summed E-state index contributed by atoms with van der Waals surface area (Å²) in [4.78, 5) is 23.4. The molecule has 1 amide bonds. The first-order chi connectivity index (χ1) is 9.95. The number of amides is 1. The molecule has 1 saturated carbocycles. The van der Waals surface area contributed by atoms with Crippen LogP contribution in [0.4, 0.5) is 0 Å². The number of carboxylic acids is 1. The molecule has 2 N–H and O–H groups in total. The molecule has 0 saturated heterocycles. The summed E-state index contributed by atoms with van der Waals surface area (Å²) in [7, 11) is 0. The molecule has 0 unspecified atom stereocenters. The monoisotopic (exact) mass is 297 g/mol. The van der Waals surface area contributed by atoms with Crippen molar-refractivity contribution in [3.8, 4) is 0 Å². The van der Waals surface area contributed by atoms with Gasteiger partial charge in [0.1, 0.15) is 6.04 Å². The minimum atomic E-state index is -0.938. The van der Waals surface area contributed by atoms with E-state index >= 15 is 0 Å². The maximum Gasteiger partial charge on any atom is 0.326 e. The highest BCUT2D eigenvalue weighted by atomic mass is 16.4. The van der Waals surface area contributed by atoms with E-state index < -0.39 is 12.0 Å². The van der Waals surface area contributed by atoms with Gasteiger partial charge in [0.25, 0.3) is 0 Å². The molecule has 0 radical (unpaired) electrons. The fourth-order valence-corrected chi connectivity index (χ4v) is 3.18. The Morgan fingerprint density at radius 1 is 1.14 bits per heavy atom. The first kappa shape index (κ1) is 18.0. The smallest absolute Gasteiger partial charge is 0.326 e. The summed E-state index contributed by atoms with van der Waals surface area (Å²) in [5.74, 6) is -0.319. The van der Waals surface area contributed by atoms with Crippen LogP contribution in [0, 0.1) is 17.8 Å². The van der Waals surface area contributed by atoms with Crippen molar-refractivity contribution in [1.82, 2.24) is 5.32 Å². The van der Waals surface area contributed by atoms with Crippen LogP contribution in [0.15, 0.2) is 0 Å². The molecule has 1 rings (SSSR count). The summed E-state index contributed by atoms with van der Waals surface area (Å²) in [6.07, 6.45) is 9.18. The largest absolute Gasteiger partial charge is 0.480 e. The second kappa shape index (κ2) is 9.06. The van der Waals surface area contributed by atoms with E-state index in [4.69, 9.17) is 5.11 Å². The highest BCUT2D eigenvalue weighted by Crippen LogP contribution is 2.32. The summed E-state index contributed by atoms with van der Waals surface area (Å²) in [5, 5.41) is 11.9. The molecule has 0 aromatic rings. The highest BCUT2D eigenvalue weighted by Gasteiger charge is 2.30. The van der Waals surface area contributed by atoms with Crippen LogP contribution in [0.5, 0.6) is 0 Å². The van der Waals surface area contributed by atoms with Crippen molar-refractivity contribution in [2.45, 2.75) is 78.2 Å². The standard InChI is InChI=1S/C17H31NO3/c1-4-5-6-7-13-8-10-14(11-9-13)16(19)18-15(12(2)3)17(20)21/h12-15H,4-11H2,1-3H3,(H,18,19)(H,20,21)/t13?,14?,15-/m0/s1. The predicted octanol–water partition coefficient (Wildman–Crippen LogP) is 3.60. The van der Waals surface area contributed by atoms with Crippen molar-refractivity contribution in [2.75, 3.05) is 0 Å². The normalized spacial score (nSPS) is 23.8. The minimum absolute atomic E-state index is 0.00743. The lowest BCUT2D eigenvalue weighted by Gasteiger charge is -2.29. The second-order valence-electron chi connectivity index (χ2n) is 6.78. The van der Waals surface area contributed by atoms with Crippen LogP contribution >= 0.6 is 0 Å². The van der Waals surface area contributed by atoms with Crippen LogP contribution in [-0.4, -0.2) is 23.0 Å². The maximum atomic E-state index is 12.2. The fraction of sp³-hybridized carbons (Fsp3) is 0.882. The molecule has 21 heavy (non-hydrogen) atoms. The molecule has 0 aliphatic heterocycles. The molecule has 4 heteroatoms. The van der Waals surface area contributed by atoms with Crippen LogP contribution < -0.4 is 5.32 Å². The predicted molar refractivity (Wildman–Crippen MR) is 84.0 cm³/mol. The Labute approximate surface area is 128 Å². The van der Waals surface area contributed by atoms with Gasteiger partial charge in [-0.05, 0) is 37.5 Å². The lowest BCUT2D eigenvalue weighted by molar-refractivity contribution is -0.144. The number of carbonyl (C=O) groups is 2. The molecule has 1 fully saturated rings. The molecule has 122 valence electrons. The lowest BCUT2D eigenvalue weighted by atomic mass is 9.79. The molecular formula is C17H31NO3. The van der Waals surface area contributed by atoms with Crippen LogP contribution in [0.25, 0.3) is 0 Å². The van der Waals surface area contributed by atoms with Crippen LogP contribution in [0.2, 0.25) is 0 Å². The number of carboxylic acid groups (broad SMARTS) is 1. The van der Waals surface area contributed by atoms with Gasteiger partial charge in [0, 0.05) is 5.92 Å². The van der Waals surface area contributed by atoms with Crippen LogP contribution in [0.3, 0.4) is 0 Å². The molecule has 0 aromatic heterocycles. The Morgan fingerprint density at radius 2 is 1.76 bits per heavy atom. The molecule has 0 bridgehead atoms. The van der Waals surface area contributed by atoms with Crippen molar-refractivity contribution in [2.24, 2.45) is 17.8 Å². The number of unbranched alkanes of at least 4 members (excludes halogenated alkanes) is 2. The minimum Gasteiger partial charge on any atom is -0.480 e. The van der Waals surface area contributed by atoms with E-state index in [0.717, 1.165) is 31.6 Å². The van der Waals surface area contributed by atoms with E-state index in [1.807, 2.05) is 13.8 Å². The summed E-state index contributed by atoms with van der Waals surface area (Å²) < 4.78 is 0. The summed E-state index contributed by atoms with van der Waals surface area (Å²) in [6.45, 7) is 5.86. The average molecular weight is 297 g/mol. The molecule has 1 atom stereocenters. The first-order valence-corrected chi connectivity index (χ1v) is 8.48. The van der Waals surface area contributed by atoms with Crippen molar-refractivity contribution >= 4 is 11.9 Å². The zero-order chi connectivity index (χ0) is 15.8. The second-order valence-corrected chi connectivity index (χ2v) is 6.78. The SMILES string of the molecule is CCCCCC1CCC(C(=O)N[C@H](C(=O)O)C(C)C)CC1. The highest BCUT2D eigenvalue weighted by molar-refractivity contribution is 5.85. The Hall–Kier alpha value is -1.06. The molecule has 1 aliphatic rings. The first-order valence-electron chi connectivity index (χ1n) is 8.48. The Balaban J connectivity index is 2.36. The number of carbonyl (C=O) groups excluding carboxylic acids is 1. The third kappa shape index (κ3) is 6.06. The van der Waals surface area contributed by atoms with Crippen molar-refractivity contribution in [1.29, 1.82) is 0 Å². The zero-order valence-electron chi connectivity index (χ0n) is 13.7. The summed E-state index contributed by atoms with van der Waals surface area (Å²) in [6, 6.07) is -0.764. The van der Waals surface area contributed by atoms with Gasteiger partial charge in [-0.15, -0.1) is 0 Å². The molecular weight excluding hydrogens is 266 g/mol. The van der Waals surface area contributed by atoms with Gasteiger partial charge in [0.05, 0.1) is 0 Å². The maximum absolute atomic E-state index is 12.2. The Bertz CT molecular complexity index is 333. The Morgan fingerprint density at radius 3 is 2.24 bits per heavy atom. The van der Waals surface area contributed by atoms with E-state index in [-0.39, 0.29) is 17.7 Å². The van der Waals surface area contributed by atoms with Crippen LogP contribution in [-0.2, 0) is 9.59 Å². The summed E-state index contributed by atoms with van der Waals surface area (Å²) >= 11 is 0. The topological polar surface area (TPSA) is 66.4 Å². The van der Waals surface area contributed by atoms with Gasteiger partial charge in [0.2, 0.25) is 5.91 Å². The molecule has 0 heterocycles. The van der Waals surface area contributed by atoms with Crippen molar-refractivity contribution in [3.63, 3.8) is 0 Å². The molecule has 4 nitrogen and oxygen atoms in total. The van der Waals surface area contributed by atoms with Crippen molar-refractivity contribution in [3.05, 3.63) is 0 Å². The van der Waals surface area contributed by atoms with Gasteiger partial charge in [0.15, 0.2) is 0 Å². The lowest BCUT2D eigenvalue weighted by Crippen LogP contribution is -2.47. The number of aliphatic carboxylic acids is 1.